The van der Waals surface area contributed by atoms with Crippen LogP contribution in [0.3, 0.4) is 0 Å². The van der Waals surface area contributed by atoms with Gasteiger partial charge < -0.3 is 15.2 Å². The monoisotopic (exact) mass is 209 g/mol. The molecule has 0 saturated heterocycles. The first-order valence-electron chi connectivity index (χ1n) is 5.27. The molecule has 2 N–H and O–H groups in total. The van der Waals surface area contributed by atoms with Crippen molar-refractivity contribution in [2.24, 2.45) is 5.73 Å². The molecule has 3 heteroatoms. The van der Waals surface area contributed by atoms with Gasteiger partial charge in [0.15, 0.2) is 0 Å². The third-order valence-electron chi connectivity index (χ3n) is 2.12. The molecule has 1 aromatic rings. The first-order chi connectivity index (χ1) is 7.36. The molecule has 0 radical (unpaired) electrons. The fraction of sp³-hybridized carbons (Fsp3) is 0.500. The Morgan fingerprint density at radius 1 is 1.13 bits per heavy atom. The lowest BCUT2D eigenvalue weighted by Crippen LogP contribution is -2.03. The van der Waals surface area contributed by atoms with Gasteiger partial charge in [0.1, 0.15) is 5.75 Å². The Kier molecular flexibility index (Phi) is 5.81. The first kappa shape index (κ1) is 12.0. The molecule has 3 nitrogen and oxygen atoms in total. The fourth-order valence-electron chi connectivity index (χ4n) is 1.31. The summed E-state index contributed by atoms with van der Waals surface area (Å²) >= 11 is 0. The molecular weight excluding hydrogens is 190 g/mol. The Labute approximate surface area is 91.2 Å². The molecule has 0 saturated carbocycles. The van der Waals surface area contributed by atoms with Crippen LogP contribution >= 0.6 is 0 Å². The highest BCUT2D eigenvalue weighted by atomic mass is 16.5. The highest BCUT2D eigenvalue weighted by molar-refractivity contribution is 5.27. The van der Waals surface area contributed by atoms with E-state index in [9.17, 15) is 0 Å². The SMILES string of the molecule is COCCCOc1ccc(CCN)cc1. The molecule has 84 valence electrons. The molecule has 0 aliphatic heterocycles. The van der Waals surface area contributed by atoms with Gasteiger partial charge in [0, 0.05) is 20.1 Å². The van der Waals surface area contributed by atoms with Crippen LogP contribution in [-0.2, 0) is 11.2 Å². The number of benzene rings is 1. The van der Waals surface area contributed by atoms with E-state index in [2.05, 4.69) is 12.1 Å². The van der Waals surface area contributed by atoms with E-state index in [0.29, 0.717) is 13.2 Å². The average Bonchev–Trinajstić information content (AvgIpc) is 2.27. The molecule has 0 aliphatic rings. The molecule has 0 unspecified atom stereocenters. The molecule has 0 bridgehead atoms. The van der Waals surface area contributed by atoms with E-state index in [-0.39, 0.29) is 0 Å². The van der Waals surface area contributed by atoms with Gasteiger partial charge in [-0.2, -0.15) is 0 Å². The molecule has 0 atom stereocenters. The van der Waals surface area contributed by atoms with E-state index in [1.807, 2.05) is 12.1 Å². The Hall–Kier alpha value is -1.06. The van der Waals surface area contributed by atoms with Gasteiger partial charge in [-0.3, -0.25) is 0 Å². The van der Waals surface area contributed by atoms with Crippen molar-refractivity contribution in [3.63, 3.8) is 0 Å². The maximum absolute atomic E-state index is 5.53. The molecule has 15 heavy (non-hydrogen) atoms. The van der Waals surface area contributed by atoms with Gasteiger partial charge in [0.2, 0.25) is 0 Å². The van der Waals surface area contributed by atoms with Crippen molar-refractivity contribution in [3.05, 3.63) is 29.8 Å². The summed E-state index contributed by atoms with van der Waals surface area (Å²) in [5, 5.41) is 0. The maximum Gasteiger partial charge on any atom is 0.119 e. The lowest BCUT2D eigenvalue weighted by molar-refractivity contribution is 0.172. The Balaban J connectivity index is 2.29. The molecule has 1 aromatic carbocycles. The minimum atomic E-state index is 0.689. The van der Waals surface area contributed by atoms with Gasteiger partial charge in [-0.15, -0.1) is 0 Å². The van der Waals surface area contributed by atoms with Crippen LogP contribution < -0.4 is 10.5 Å². The Morgan fingerprint density at radius 3 is 2.47 bits per heavy atom. The molecule has 0 spiro atoms. The molecule has 0 amide bonds. The van der Waals surface area contributed by atoms with Crippen molar-refractivity contribution < 1.29 is 9.47 Å². The van der Waals surface area contributed by atoms with Crippen LogP contribution in [0.1, 0.15) is 12.0 Å². The summed E-state index contributed by atoms with van der Waals surface area (Å²) in [6.07, 6.45) is 1.84. The van der Waals surface area contributed by atoms with Crippen molar-refractivity contribution in [1.82, 2.24) is 0 Å². The topological polar surface area (TPSA) is 44.5 Å². The summed E-state index contributed by atoms with van der Waals surface area (Å²) in [6, 6.07) is 8.08. The van der Waals surface area contributed by atoms with E-state index in [1.165, 1.54) is 5.56 Å². The standard InChI is InChI=1S/C12H19NO2/c1-14-9-2-10-15-12-5-3-11(4-6-12)7-8-13/h3-6H,2,7-10,13H2,1H3. The Bertz CT molecular complexity index is 259. The van der Waals surface area contributed by atoms with Gasteiger partial charge >= 0.3 is 0 Å². The minimum absolute atomic E-state index is 0.689. The van der Waals surface area contributed by atoms with Gasteiger partial charge in [-0.1, -0.05) is 12.1 Å². The zero-order valence-corrected chi connectivity index (χ0v) is 9.24. The predicted molar refractivity (Wildman–Crippen MR) is 61.2 cm³/mol. The number of rotatable bonds is 7. The third kappa shape index (κ3) is 4.81. The van der Waals surface area contributed by atoms with Gasteiger partial charge in [-0.25, -0.2) is 0 Å². The lowest BCUT2D eigenvalue weighted by atomic mass is 10.1. The van der Waals surface area contributed by atoms with Crippen molar-refractivity contribution in [1.29, 1.82) is 0 Å². The van der Waals surface area contributed by atoms with Crippen molar-refractivity contribution >= 4 is 0 Å². The maximum atomic E-state index is 5.53. The minimum Gasteiger partial charge on any atom is -0.494 e. The van der Waals surface area contributed by atoms with Crippen LogP contribution in [0.15, 0.2) is 24.3 Å². The summed E-state index contributed by atoms with van der Waals surface area (Å²) in [6.45, 7) is 2.13. The average molecular weight is 209 g/mol. The lowest BCUT2D eigenvalue weighted by Gasteiger charge is -2.06. The van der Waals surface area contributed by atoms with Crippen molar-refractivity contribution in [3.8, 4) is 5.75 Å². The Morgan fingerprint density at radius 2 is 1.87 bits per heavy atom. The van der Waals surface area contributed by atoms with Crippen LogP contribution in [0.5, 0.6) is 5.75 Å². The number of methoxy groups -OCH3 is 1. The quantitative estimate of drug-likeness (QED) is 0.694. The molecule has 0 aromatic heterocycles. The summed E-state index contributed by atoms with van der Waals surface area (Å²) in [7, 11) is 1.70. The zero-order chi connectivity index (χ0) is 10.9. The van der Waals surface area contributed by atoms with E-state index >= 15 is 0 Å². The second kappa shape index (κ2) is 7.26. The summed E-state index contributed by atoms with van der Waals surface area (Å²) < 4.78 is 10.5. The smallest absolute Gasteiger partial charge is 0.119 e. The number of nitrogens with two attached hydrogens (primary N) is 1. The molecule has 0 heterocycles. The third-order valence-corrected chi connectivity index (χ3v) is 2.12. The molecule has 0 fully saturated rings. The van der Waals surface area contributed by atoms with Crippen LogP contribution in [0.25, 0.3) is 0 Å². The number of hydrogen-bond acceptors (Lipinski definition) is 3. The number of hydrogen-bond donors (Lipinski definition) is 1. The second-order valence-corrected chi connectivity index (χ2v) is 3.38. The fourth-order valence-corrected chi connectivity index (χ4v) is 1.31. The van der Waals surface area contributed by atoms with E-state index in [4.69, 9.17) is 15.2 Å². The number of ether oxygens (including phenoxy) is 2. The molecule has 1 rings (SSSR count). The van der Waals surface area contributed by atoms with Crippen LogP contribution in [0, 0.1) is 0 Å². The van der Waals surface area contributed by atoms with Crippen molar-refractivity contribution in [2.45, 2.75) is 12.8 Å². The largest absolute Gasteiger partial charge is 0.494 e. The first-order valence-corrected chi connectivity index (χ1v) is 5.27. The van der Waals surface area contributed by atoms with Crippen LogP contribution in [-0.4, -0.2) is 26.9 Å². The van der Waals surface area contributed by atoms with E-state index in [1.54, 1.807) is 7.11 Å². The highest BCUT2D eigenvalue weighted by Gasteiger charge is 1.94. The molecular formula is C12H19NO2. The van der Waals surface area contributed by atoms with Gasteiger partial charge in [-0.05, 0) is 30.7 Å². The predicted octanol–water partition coefficient (Wildman–Crippen LogP) is 1.60. The second-order valence-electron chi connectivity index (χ2n) is 3.38. The molecule has 0 aliphatic carbocycles. The van der Waals surface area contributed by atoms with E-state index in [0.717, 1.165) is 25.2 Å². The summed E-state index contributed by atoms with van der Waals surface area (Å²) in [5.41, 5.74) is 6.72. The highest BCUT2D eigenvalue weighted by Crippen LogP contribution is 2.12. The zero-order valence-electron chi connectivity index (χ0n) is 9.24. The van der Waals surface area contributed by atoms with Crippen LogP contribution in [0.4, 0.5) is 0 Å². The van der Waals surface area contributed by atoms with Gasteiger partial charge in [0.25, 0.3) is 0 Å². The van der Waals surface area contributed by atoms with E-state index < -0.39 is 0 Å². The van der Waals surface area contributed by atoms with Crippen LogP contribution in [0.2, 0.25) is 0 Å². The van der Waals surface area contributed by atoms with Gasteiger partial charge in [0.05, 0.1) is 6.61 Å². The normalized spacial score (nSPS) is 10.3. The van der Waals surface area contributed by atoms with Crippen molar-refractivity contribution in [2.75, 3.05) is 26.9 Å². The summed E-state index contributed by atoms with van der Waals surface area (Å²) in [4.78, 5) is 0. The summed E-state index contributed by atoms with van der Waals surface area (Å²) in [5.74, 6) is 0.909.